The smallest absolute Gasteiger partial charge is 0.119 e. The summed E-state index contributed by atoms with van der Waals surface area (Å²) in [5.74, 6) is 0.852. The zero-order chi connectivity index (χ0) is 15.1. The number of benzene rings is 1. The minimum Gasteiger partial charge on any atom is -0.497 e. The molecule has 2 rings (SSSR count). The van der Waals surface area contributed by atoms with Crippen molar-refractivity contribution in [3.05, 3.63) is 59.9 Å². The van der Waals surface area contributed by atoms with Gasteiger partial charge in [0, 0.05) is 31.5 Å². The van der Waals surface area contributed by atoms with Crippen LogP contribution in [0.4, 0.5) is 0 Å². The van der Waals surface area contributed by atoms with E-state index in [4.69, 9.17) is 4.74 Å². The molecule has 0 aliphatic rings. The first kappa shape index (κ1) is 15.5. The molecule has 0 aliphatic heterocycles. The Morgan fingerprint density at radius 3 is 2.81 bits per heavy atom. The summed E-state index contributed by atoms with van der Waals surface area (Å²) in [6.45, 7) is 3.65. The molecule has 4 nitrogen and oxygen atoms in total. The number of nitrogens with zero attached hydrogens (tertiary/aromatic N) is 2. The fraction of sp³-hybridized carbons (Fsp3) is 0.353. The molecule has 0 spiro atoms. The molecule has 1 atom stereocenters. The molecule has 2 aromatic rings. The fourth-order valence-corrected chi connectivity index (χ4v) is 2.38. The standard InChI is InChI=1S/C17H22N2O2/c1-14(16-6-3-7-17(11-16)21-2)19(9-10-20)13-15-5-4-8-18-12-15/h3-8,11-12,14,20H,9-10,13H2,1-2H3. The van der Waals surface area contributed by atoms with Gasteiger partial charge in [-0.3, -0.25) is 9.88 Å². The van der Waals surface area contributed by atoms with Gasteiger partial charge in [0.2, 0.25) is 0 Å². The summed E-state index contributed by atoms with van der Waals surface area (Å²) in [7, 11) is 1.67. The van der Waals surface area contributed by atoms with Gasteiger partial charge in [-0.1, -0.05) is 18.2 Å². The lowest BCUT2D eigenvalue weighted by Gasteiger charge is -2.29. The van der Waals surface area contributed by atoms with Crippen LogP contribution < -0.4 is 4.74 Å². The Labute approximate surface area is 126 Å². The van der Waals surface area contributed by atoms with Gasteiger partial charge in [0.15, 0.2) is 0 Å². The average molecular weight is 286 g/mol. The summed E-state index contributed by atoms with van der Waals surface area (Å²) in [4.78, 5) is 6.38. The van der Waals surface area contributed by atoms with Crippen LogP contribution in [-0.2, 0) is 6.54 Å². The van der Waals surface area contributed by atoms with Crippen LogP contribution in [0.25, 0.3) is 0 Å². The van der Waals surface area contributed by atoms with E-state index in [0.717, 1.165) is 17.9 Å². The maximum absolute atomic E-state index is 9.33. The molecule has 1 aromatic heterocycles. The number of aliphatic hydroxyl groups excluding tert-OH is 1. The Balaban J connectivity index is 2.16. The van der Waals surface area contributed by atoms with E-state index in [9.17, 15) is 5.11 Å². The van der Waals surface area contributed by atoms with Crippen LogP contribution in [0, 0.1) is 0 Å². The van der Waals surface area contributed by atoms with E-state index in [1.807, 2.05) is 30.5 Å². The van der Waals surface area contributed by atoms with Crippen molar-refractivity contribution in [3.63, 3.8) is 0 Å². The normalized spacial score (nSPS) is 12.4. The Bertz CT molecular complexity index is 545. The Morgan fingerprint density at radius 1 is 1.29 bits per heavy atom. The van der Waals surface area contributed by atoms with Crippen molar-refractivity contribution in [1.82, 2.24) is 9.88 Å². The van der Waals surface area contributed by atoms with Crippen LogP contribution in [0.1, 0.15) is 24.1 Å². The zero-order valence-electron chi connectivity index (χ0n) is 12.6. The first-order valence-corrected chi connectivity index (χ1v) is 7.12. The SMILES string of the molecule is COc1cccc(C(C)N(CCO)Cc2cccnc2)c1. The van der Waals surface area contributed by atoms with Crippen LogP contribution in [0.3, 0.4) is 0 Å². The minimum absolute atomic E-state index is 0.134. The van der Waals surface area contributed by atoms with Crippen molar-refractivity contribution in [3.8, 4) is 5.75 Å². The highest BCUT2D eigenvalue weighted by atomic mass is 16.5. The van der Waals surface area contributed by atoms with Crippen molar-refractivity contribution < 1.29 is 9.84 Å². The molecule has 1 unspecified atom stereocenters. The van der Waals surface area contributed by atoms with E-state index in [-0.39, 0.29) is 12.6 Å². The van der Waals surface area contributed by atoms with Crippen molar-refractivity contribution in [2.75, 3.05) is 20.3 Å². The number of ether oxygens (including phenoxy) is 1. The summed E-state index contributed by atoms with van der Waals surface area (Å²) in [6, 6.07) is 12.2. The lowest BCUT2D eigenvalue weighted by molar-refractivity contribution is 0.151. The third kappa shape index (κ3) is 4.28. The molecule has 4 heteroatoms. The highest BCUT2D eigenvalue weighted by molar-refractivity contribution is 5.30. The van der Waals surface area contributed by atoms with Crippen LogP contribution in [0.15, 0.2) is 48.8 Å². The van der Waals surface area contributed by atoms with Gasteiger partial charge in [-0.25, -0.2) is 0 Å². The van der Waals surface area contributed by atoms with Gasteiger partial charge < -0.3 is 9.84 Å². The monoisotopic (exact) mass is 286 g/mol. The molecular weight excluding hydrogens is 264 g/mol. The number of pyridine rings is 1. The number of hydrogen-bond acceptors (Lipinski definition) is 4. The second-order valence-corrected chi connectivity index (χ2v) is 5.01. The maximum atomic E-state index is 9.33. The van der Waals surface area contributed by atoms with Crippen LogP contribution in [0.5, 0.6) is 5.75 Å². The van der Waals surface area contributed by atoms with Gasteiger partial charge in [-0.2, -0.15) is 0 Å². The highest BCUT2D eigenvalue weighted by Crippen LogP contribution is 2.25. The number of aliphatic hydroxyl groups is 1. The summed E-state index contributed by atoms with van der Waals surface area (Å²) < 4.78 is 5.29. The molecule has 1 N–H and O–H groups in total. The number of hydrogen-bond donors (Lipinski definition) is 1. The average Bonchev–Trinajstić information content (AvgIpc) is 2.55. The summed E-state index contributed by atoms with van der Waals surface area (Å²) in [5, 5.41) is 9.33. The van der Waals surface area contributed by atoms with E-state index in [0.29, 0.717) is 6.54 Å². The van der Waals surface area contributed by atoms with Gasteiger partial charge in [0.1, 0.15) is 5.75 Å². The quantitative estimate of drug-likeness (QED) is 0.850. The van der Waals surface area contributed by atoms with Crippen molar-refractivity contribution in [1.29, 1.82) is 0 Å². The Hall–Kier alpha value is -1.91. The molecule has 21 heavy (non-hydrogen) atoms. The third-order valence-corrected chi connectivity index (χ3v) is 3.62. The molecule has 0 saturated heterocycles. The molecule has 0 fully saturated rings. The molecule has 0 saturated carbocycles. The van der Waals surface area contributed by atoms with Gasteiger partial charge >= 0.3 is 0 Å². The largest absolute Gasteiger partial charge is 0.497 e. The van der Waals surface area contributed by atoms with Crippen molar-refractivity contribution in [2.24, 2.45) is 0 Å². The van der Waals surface area contributed by atoms with E-state index in [1.54, 1.807) is 13.3 Å². The first-order valence-electron chi connectivity index (χ1n) is 7.12. The van der Waals surface area contributed by atoms with Crippen LogP contribution in [0.2, 0.25) is 0 Å². The molecule has 1 heterocycles. The molecule has 0 aliphatic carbocycles. The van der Waals surface area contributed by atoms with Gasteiger partial charge in [0.25, 0.3) is 0 Å². The Morgan fingerprint density at radius 2 is 2.14 bits per heavy atom. The lowest BCUT2D eigenvalue weighted by Crippen LogP contribution is -2.29. The van der Waals surface area contributed by atoms with Crippen molar-refractivity contribution >= 4 is 0 Å². The van der Waals surface area contributed by atoms with Gasteiger partial charge in [-0.15, -0.1) is 0 Å². The minimum atomic E-state index is 0.134. The van der Waals surface area contributed by atoms with E-state index >= 15 is 0 Å². The predicted molar refractivity (Wildman–Crippen MR) is 83.1 cm³/mol. The summed E-state index contributed by atoms with van der Waals surface area (Å²) >= 11 is 0. The molecular formula is C17H22N2O2. The first-order chi connectivity index (χ1) is 10.2. The van der Waals surface area contributed by atoms with Crippen LogP contribution >= 0.6 is 0 Å². The zero-order valence-corrected chi connectivity index (χ0v) is 12.6. The topological polar surface area (TPSA) is 45.6 Å². The lowest BCUT2D eigenvalue weighted by atomic mass is 10.1. The van der Waals surface area contributed by atoms with E-state index in [1.165, 1.54) is 5.56 Å². The highest BCUT2D eigenvalue weighted by Gasteiger charge is 2.16. The maximum Gasteiger partial charge on any atom is 0.119 e. The number of methoxy groups -OCH3 is 1. The molecule has 1 aromatic carbocycles. The van der Waals surface area contributed by atoms with Crippen molar-refractivity contribution in [2.45, 2.75) is 19.5 Å². The van der Waals surface area contributed by atoms with E-state index in [2.05, 4.69) is 28.9 Å². The third-order valence-electron chi connectivity index (χ3n) is 3.62. The predicted octanol–water partition coefficient (Wildman–Crippen LogP) is 2.65. The molecule has 0 radical (unpaired) electrons. The molecule has 112 valence electrons. The molecule has 0 bridgehead atoms. The van der Waals surface area contributed by atoms with Crippen LogP contribution in [-0.4, -0.2) is 35.3 Å². The van der Waals surface area contributed by atoms with Gasteiger partial charge in [0.05, 0.1) is 13.7 Å². The van der Waals surface area contributed by atoms with Gasteiger partial charge in [-0.05, 0) is 36.2 Å². The second kappa shape index (κ2) is 7.76. The summed E-state index contributed by atoms with van der Waals surface area (Å²) in [6.07, 6.45) is 3.63. The number of aromatic nitrogens is 1. The van der Waals surface area contributed by atoms with E-state index < -0.39 is 0 Å². The second-order valence-electron chi connectivity index (χ2n) is 5.01. The number of rotatable bonds is 7. The summed E-state index contributed by atoms with van der Waals surface area (Å²) in [5.41, 5.74) is 2.31. The Kier molecular flexibility index (Phi) is 5.72. The fourth-order valence-electron chi connectivity index (χ4n) is 2.38. The molecule has 0 amide bonds.